The highest BCUT2D eigenvalue weighted by Crippen LogP contribution is 2.25. The quantitative estimate of drug-likeness (QED) is 0.715. The fourth-order valence-electron chi connectivity index (χ4n) is 1.03. The number of methoxy groups -OCH3 is 1. The van der Waals surface area contributed by atoms with Crippen LogP contribution in [0.3, 0.4) is 0 Å². The van der Waals surface area contributed by atoms with Crippen LogP contribution in [-0.2, 0) is 0 Å². The SMILES string of the molecule is COc1nc(C=O)c(C(F)F)cc1C#N. The van der Waals surface area contributed by atoms with Crippen LogP contribution in [0.1, 0.15) is 28.0 Å². The van der Waals surface area contributed by atoms with E-state index in [1.165, 1.54) is 7.11 Å². The van der Waals surface area contributed by atoms with Gasteiger partial charge in [-0.3, -0.25) is 4.79 Å². The molecule has 1 heterocycles. The lowest BCUT2D eigenvalue weighted by Gasteiger charge is -2.06. The lowest BCUT2D eigenvalue weighted by atomic mass is 10.1. The third kappa shape index (κ3) is 2.07. The van der Waals surface area contributed by atoms with Crippen LogP contribution in [0.25, 0.3) is 0 Å². The molecule has 4 nitrogen and oxygen atoms in total. The summed E-state index contributed by atoms with van der Waals surface area (Å²) in [7, 11) is 1.24. The normalized spacial score (nSPS) is 9.80. The molecule has 0 aliphatic heterocycles. The molecule has 0 aliphatic carbocycles. The molecule has 0 saturated carbocycles. The molecule has 1 aromatic heterocycles. The van der Waals surface area contributed by atoms with E-state index in [0.717, 1.165) is 6.07 Å². The van der Waals surface area contributed by atoms with Crippen molar-refractivity contribution in [1.82, 2.24) is 4.98 Å². The average Bonchev–Trinajstić information content (AvgIpc) is 2.26. The number of carbonyl (C=O) groups is 1. The van der Waals surface area contributed by atoms with E-state index in [1.54, 1.807) is 6.07 Å². The second-order valence-corrected chi connectivity index (χ2v) is 2.55. The van der Waals surface area contributed by atoms with Gasteiger partial charge in [-0.25, -0.2) is 13.8 Å². The third-order valence-electron chi connectivity index (χ3n) is 1.71. The highest BCUT2D eigenvalue weighted by Gasteiger charge is 2.18. The second-order valence-electron chi connectivity index (χ2n) is 2.55. The number of rotatable bonds is 3. The first kappa shape index (κ1) is 11.0. The van der Waals surface area contributed by atoms with Crippen LogP contribution in [0.4, 0.5) is 8.78 Å². The highest BCUT2D eigenvalue weighted by atomic mass is 19.3. The van der Waals surface area contributed by atoms with Gasteiger partial charge in [0.15, 0.2) is 6.29 Å². The van der Waals surface area contributed by atoms with Crippen molar-refractivity contribution in [3.63, 3.8) is 0 Å². The predicted molar refractivity (Wildman–Crippen MR) is 45.8 cm³/mol. The number of aromatic nitrogens is 1. The summed E-state index contributed by atoms with van der Waals surface area (Å²) < 4.78 is 29.5. The van der Waals surface area contributed by atoms with Gasteiger partial charge in [-0.1, -0.05) is 0 Å². The minimum Gasteiger partial charge on any atom is -0.480 e. The largest absolute Gasteiger partial charge is 0.480 e. The summed E-state index contributed by atoms with van der Waals surface area (Å²) in [6.07, 6.45) is -2.65. The van der Waals surface area contributed by atoms with Crippen LogP contribution in [0.15, 0.2) is 6.07 Å². The molecule has 15 heavy (non-hydrogen) atoms. The maximum Gasteiger partial charge on any atom is 0.266 e. The summed E-state index contributed by atoms with van der Waals surface area (Å²) in [5.41, 5.74) is -1.11. The van der Waals surface area contributed by atoms with Crippen LogP contribution < -0.4 is 4.74 Å². The van der Waals surface area contributed by atoms with Crippen molar-refractivity contribution in [3.05, 3.63) is 22.9 Å². The molecular formula is C9H6F2N2O2. The van der Waals surface area contributed by atoms with Crippen LogP contribution in [0.2, 0.25) is 0 Å². The maximum absolute atomic E-state index is 12.4. The highest BCUT2D eigenvalue weighted by molar-refractivity contribution is 5.75. The van der Waals surface area contributed by atoms with Gasteiger partial charge in [-0.05, 0) is 6.07 Å². The maximum atomic E-state index is 12.4. The number of nitrogens with zero attached hydrogens (tertiary/aromatic N) is 2. The molecule has 78 valence electrons. The standard InChI is InChI=1S/C9H6F2N2O2/c1-15-9-5(3-12)2-6(8(10)11)7(4-14)13-9/h2,4,8H,1H3. The van der Waals surface area contributed by atoms with E-state index in [1.807, 2.05) is 0 Å². The lowest BCUT2D eigenvalue weighted by Crippen LogP contribution is -2.02. The van der Waals surface area contributed by atoms with Gasteiger partial charge in [0, 0.05) is 5.56 Å². The Bertz CT molecular complexity index is 427. The Morgan fingerprint density at radius 3 is 2.73 bits per heavy atom. The molecule has 0 saturated heterocycles. The van der Waals surface area contributed by atoms with Crippen molar-refractivity contribution in [3.8, 4) is 11.9 Å². The summed E-state index contributed by atoms with van der Waals surface area (Å²) >= 11 is 0. The van der Waals surface area contributed by atoms with Crippen LogP contribution in [0.5, 0.6) is 5.88 Å². The lowest BCUT2D eigenvalue weighted by molar-refractivity contribution is 0.110. The zero-order valence-corrected chi connectivity index (χ0v) is 7.70. The number of ether oxygens (including phenoxy) is 1. The topological polar surface area (TPSA) is 63.0 Å². The number of aldehydes is 1. The van der Waals surface area contributed by atoms with E-state index < -0.39 is 17.7 Å². The first-order chi connectivity index (χ1) is 7.13. The van der Waals surface area contributed by atoms with E-state index in [4.69, 9.17) is 5.26 Å². The van der Waals surface area contributed by atoms with Crippen molar-refractivity contribution >= 4 is 6.29 Å². The van der Waals surface area contributed by atoms with E-state index in [9.17, 15) is 13.6 Å². The number of halogens is 2. The van der Waals surface area contributed by atoms with Gasteiger partial charge in [0.1, 0.15) is 17.3 Å². The van der Waals surface area contributed by atoms with E-state index in [0.29, 0.717) is 0 Å². The van der Waals surface area contributed by atoms with Gasteiger partial charge >= 0.3 is 0 Å². The van der Waals surface area contributed by atoms with Crippen LogP contribution >= 0.6 is 0 Å². The molecule has 0 radical (unpaired) electrons. The number of hydrogen-bond donors (Lipinski definition) is 0. The number of nitriles is 1. The van der Waals surface area contributed by atoms with Crippen molar-refractivity contribution in [2.24, 2.45) is 0 Å². The third-order valence-corrected chi connectivity index (χ3v) is 1.71. The molecule has 0 atom stereocenters. The molecule has 1 rings (SSSR count). The molecule has 0 bridgehead atoms. The van der Waals surface area contributed by atoms with Gasteiger partial charge < -0.3 is 4.74 Å². The Morgan fingerprint density at radius 1 is 1.67 bits per heavy atom. The molecule has 0 spiro atoms. The number of carbonyl (C=O) groups excluding carboxylic acids is 1. The monoisotopic (exact) mass is 212 g/mol. The van der Waals surface area contributed by atoms with E-state index in [-0.39, 0.29) is 17.7 Å². The van der Waals surface area contributed by atoms with Crippen molar-refractivity contribution in [2.75, 3.05) is 7.11 Å². The van der Waals surface area contributed by atoms with Gasteiger partial charge in [0.05, 0.1) is 7.11 Å². The minimum absolute atomic E-state index is 0.126. The van der Waals surface area contributed by atoms with Crippen molar-refractivity contribution in [1.29, 1.82) is 5.26 Å². The van der Waals surface area contributed by atoms with Gasteiger partial charge in [-0.2, -0.15) is 5.26 Å². The Morgan fingerprint density at radius 2 is 2.33 bits per heavy atom. The molecule has 0 amide bonds. The Hall–Kier alpha value is -2.03. The summed E-state index contributed by atoms with van der Waals surface area (Å²) in [6, 6.07) is 2.56. The molecule has 0 fully saturated rings. The molecule has 0 aromatic carbocycles. The first-order valence-corrected chi connectivity index (χ1v) is 3.86. The van der Waals surface area contributed by atoms with Gasteiger partial charge in [-0.15, -0.1) is 0 Å². The predicted octanol–water partition coefficient (Wildman–Crippen LogP) is 1.71. The molecular weight excluding hydrogens is 206 g/mol. The van der Waals surface area contributed by atoms with E-state index in [2.05, 4.69) is 9.72 Å². The fourth-order valence-corrected chi connectivity index (χ4v) is 1.03. The Kier molecular flexibility index (Phi) is 3.29. The average molecular weight is 212 g/mol. The molecule has 6 heteroatoms. The molecule has 0 aliphatic rings. The zero-order valence-electron chi connectivity index (χ0n) is 7.70. The number of pyridine rings is 1. The number of alkyl halides is 2. The van der Waals surface area contributed by atoms with Gasteiger partial charge in [0.25, 0.3) is 6.43 Å². The summed E-state index contributed by atoms with van der Waals surface area (Å²) in [4.78, 5) is 14.0. The summed E-state index contributed by atoms with van der Waals surface area (Å²) in [5, 5.41) is 8.62. The van der Waals surface area contributed by atoms with E-state index >= 15 is 0 Å². The fraction of sp³-hybridized carbons (Fsp3) is 0.222. The Labute approximate surface area is 84.1 Å². The Balaban J connectivity index is 3.42. The van der Waals surface area contributed by atoms with Crippen molar-refractivity contribution in [2.45, 2.75) is 6.43 Å². The van der Waals surface area contributed by atoms with Crippen LogP contribution in [0, 0.1) is 11.3 Å². The van der Waals surface area contributed by atoms with Gasteiger partial charge in [0.2, 0.25) is 5.88 Å². The van der Waals surface area contributed by atoms with Crippen molar-refractivity contribution < 1.29 is 18.3 Å². The first-order valence-electron chi connectivity index (χ1n) is 3.86. The smallest absolute Gasteiger partial charge is 0.266 e. The molecule has 0 N–H and O–H groups in total. The summed E-state index contributed by atoms with van der Waals surface area (Å²) in [5.74, 6) is -0.135. The number of hydrogen-bond acceptors (Lipinski definition) is 4. The minimum atomic E-state index is -2.85. The zero-order chi connectivity index (χ0) is 11.4. The van der Waals surface area contributed by atoms with Crippen LogP contribution in [-0.4, -0.2) is 18.4 Å². The summed E-state index contributed by atoms with van der Waals surface area (Å²) in [6.45, 7) is 0. The second kappa shape index (κ2) is 4.46. The molecule has 1 aromatic rings. The molecule has 0 unspecified atom stereocenters.